The zero-order valence-electron chi connectivity index (χ0n) is 9.93. The summed E-state index contributed by atoms with van der Waals surface area (Å²) in [6.07, 6.45) is 4.81. The second kappa shape index (κ2) is 6.81. The summed E-state index contributed by atoms with van der Waals surface area (Å²) in [5, 5.41) is 8.59. The molecule has 0 N–H and O–H groups in total. The van der Waals surface area contributed by atoms with Crippen LogP contribution >= 0.6 is 0 Å². The van der Waals surface area contributed by atoms with E-state index >= 15 is 0 Å². The van der Waals surface area contributed by atoms with Crippen LogP contribution in [0.3, 0.4) is 0 Å². The lowest BCUT2D eigenvalue weighted by Crippen LogP contribution is -2.28. The minimum absolute atomic E-state index is 0.311. The van der Waals surface area contributed by atoms with E-state index in [-0.39, 0.29) is 0 Å². The predicted octanol–water partition coefficient (Wildman–Crippen LogP) is 2.93. The molecule has 1 atom stereocenters. The highest BCUT2D eigenvalue weighted by atomic mass is 15.1. The molecule has 0 aliphatic carbocycles. The normalized spacial score (nSPS) is 12.9. The van der Waals surface area contributed by atoms with Crippen molar-refractivity contribution in [2.45, 2.75) is 19.4 Å². The van der Waals surface area contributed by atoms with Crippen molar-refractivity contribution in [1.29, 1.82) is 5.26 Å². The van der Waals surface area contributed by atoms with Crippen molar-refractivity contribution < 1.29 is 0 Å². The molecule has 1 aromatic rings. The molecular formula is C14H18N2. The Kier molecular flexibility index (Phi) is 5.31. The van der Waals surface area contributed by atoms with E-state index in [1.54, 1.807) is 0 Å². The summed E-state index contributed by atoms with van der Waals surface area (Å²) in [5.41, 5.74) is 1.21. The summed E-state index contributed by atoms with van der Waals surface area (Å²) < 4.78 is 0. The van der Waals surface area contributed by atoms with Gasteiger partial charge < -0.3 is 0 Å². The highest BCUT2D eigenvalue weighted by molar-refractivity contribution is 5.48. The first-order valence-corrected chi connectivity index (χ1v) is 5.53. The van der Waals surface area contributed by atoms with Crippen LogP contribution in [0.2, 0.25) is 0 Å². The first-order valence-electron chi connectivity index (χ1n) is 5.53. The van der Waals surface area contributed by atoms with Gasteiger partial charge >= 0.3 is 0 Å². The molecule has 1 aromatic carbocycles. The number of hydrogen-bond acceptors (Lipinski definition) is 2. The third-order valence-corrected chi connectivity index (χ3v) is 2.64. The molecule has 1 rings (SSSR count). The molecule has 0 fully saturated rings. The first-order chi connectivity index (χ1) is 7.74. The Bertz CT molecular complexity index is 362. The van der Waals surface area contributed by atoms with Gasteiger partial charge in [0.05, 0.1) is 12.5 Å². The molecule has 0 aliphatic rings. The van der Waals surface area contributed by atoms with Gasteiger partial charge in [0.1, 0.15) is 0 Å². The first kappa shape index (κ1) is 12.5. The van der Waals surface area contributed by atoms with Gasteiger partial charge in [0, 0.05) is 12.6 Å². The molecule has 1 unspecified atom stereocenters. The summed E-state index contributed by atoms with van der Waals surface area (Å²) >= 11 is 0. The lowest BCUT2D eigenvalue weighted by Gasteiger charge is -2.20. The SMILES string of the molecule is CC(CC#N)N(C)CC=Cc1ccccc1. The van der Waals surface area contributed by atoms with Crippen molar-refractivity contribution in [2.24, 2.45) is 0 Å². The van der Waals surface area contributed by atoms with E-state index in [0.29, 0.717) is 12.5 Å². The summed E-state index contributed by atoms with van der Waals surface area (Å²) in [6, 6.07) is 12.7. The highest BCUT2D eigenvalue weighted by Gasteiger charge is 2.05. The Morgan fingerprint density at radius 3 is 2.69 bits per heavy atom. The van der Waals surface area contributed by atoms with E-state index < -0.39 is 0 Å². The van der Waals surface area contributed by atoms with Crippen LogP contribution in [0.15, 0.2) is 36.4 Å². The molecule has 0 saturated heterocycles. The van der Waals surface area contributed by atoms with Crippen LogP contribution < -0.4 is 0 Å². The van der Waals surface area contributed by atoms with Crippen LogP contribution in [-0.2, 0) is 0 Å². The molecule has 0 aliphatic heterocycles. The van der Waals surface area contributed by atoms with Gasteiger partial charge in [-0.25, -0.2) is 0 Å². The van der Waals surface area contributed by atoms with Crippen molar-refractivity contribution >= 4 is 6.08 Å². The second-order valence-corrected chi connectivity index (χ2v) is 3.96. The monoisotopic (exact) mass is 214 g/mol. The third-order valence-electron chi connectivity index (χ3n) is 2.64. The highest BCUT2D eigenvalue weighted by Crippen LogP contribution is 2.03. The van der Waals surface area contributed by atoms with Gasteiger partial charge in [0.25, 0.3) is 0 Å². The van der Waals surface area contributed by atoms with Gasteiger partial charge in [-0.2, -0.15) is 5.26 Å². The molecule has 84 valence electrons. The van der Waals surface area contributed by atoms with E-state index in [2.05, 4.69) is 42.2 Å². The third kappa shape index (κ3) is 4.29. The molecule has 2 heteroatoms. The Hall–Kier alpha value is -1.59. The Labute approximate surface area is 97.8 Å². The van der Waals surface area contributed by atoms with Crippen LogP contribution in [0.5, 0.6) is 0 Å². The minimum Gasteiger partial charge on any atom is -0.299 e. The number of rotatable bonds is 5. The zero-order chi connectivity index (χ0) is 11.8. The molecule has 2 nitrogen and oxygen atoms in total. The predicted molar refractivity (Wildman–Crippen MR) is 67.8 cm³/mol. The fourth-order valence-corrected chi connectivity index (χ4v) is 1.39. The largest absolute Gasteiger partial charge is 0.299 e. The Morgan fingerprint density at radius 2 is 2.06 bits per heavy atom. The summed E-state index contributed by atoms with van der Waals surface area (Å²) in [7, 11) is 2.04. The van der Waals surface area contributed by atoms with Gasteiger partial charge in [-0.3, -0.25) is 4.90 Å². The van der Waals surface area contributed by atoms with Gasteiger partial charge in [0.15, 0.2) is 0 Å². The van der Waals surface area contributed by atoms with Crippen LogP contribution in [0.25, 0.3) is 6.08 Å². The molecule has 16 heavy (non-hydrogen) atoms. The molecule has 0 heterocycles. The van der Waals surface area contributed by atoms with Gasteiger partial charge in [-0.05, 0) is 19.5 Å². The van der Waals surface area contributed by atoms with Crippen LogP contribution in [0.1, 0.15) is 18.9 Å². The van der Waals surface area contributed by atoms with Crippen molar-refractivity contribution in [3.05, 3.63) is 42.0 Å². The molecule has 0 aromatic heterocycles. The average molecular weight is 214 g/mol. The molecule has 0 saturated carbocycles. The van der Waals surface area contributed by atoms with Crippen LogP contribution in [0, 0.1) is 11.3 Å². The van der Waals surface area contributed by atoms with E-state index in [1.165, 1.54) is 5.56 Å². The Morgan fingerprint density at radius 1 is 1.38 bits per heavy atom. The van der Waals surface area contributed by atoms with Crippen LogP contribution in [0.4, 0.5) is 0 Å². The molecule has 0 amide bonds. The molecular weight excluding hydrogens is 196 g/mol. The number of nitrogens with zero attached hydrogens (tertiary/aromatic N) is 2. The maximum atomic E-state index is 8.59. The fourth-order valence-electron chi connectivity index (χ4n) is 1.39. The fraction of sp³-hybridized carbons (Fsp3) is 0.357. The Balaban J connectivity index is 2.40. The summed E-state index contributed by atoms with van der Waals surface area (Å²) in [6.45, 7) is 2.94. The summed E-state index contributed by atoms with van der Waals surface area (Å²) in [4.78, 5) is 2.17. The standard InChI is InChI=1S/C14H18N2/c1-13(10-11-15)16(2)12-6-9-14-7-4-3-5-8-14/h3-9,13H,10,12H2,1-2H3. The second-order valence-electron chi connectivity index (χ2n) is 3.96. The smallest absolute Gasteiger partial charge is 0.0638 e. The molecule has 0 radical (unpaired) electrons. The van der Waals surface area contributed by atoms with Crippen LogP contribution in [-0.4, -0.2) is 24.5 Å². The minimum atomic E-state index is 0.311. The molecule has 0 spiro atoms. The lowest BCUT2D eigenvalue weighted by atomic mass is 10.2. The van der Waals surface area contributed by atoms with E-state index in [4.69, 9.17) is 5.26 Å². The van der Waals surface area contributed by atoms with E-state index in [0.717, 1.165) is 6.54 Å². The van der Waals surface area contributed by atoms with Crippen molar-refractivity contribution in [1.82, 2.24) is 4.90 Å². The maximum Gasteiger partial charge on any atom is 0.0638 e. The van der Waals surface area contributed by atoms with E-state index in [1.807, 2.05) is 25.2 Å². The number of benzene rings is 1. The van der Waals surface area contributed by atoms with Crippen molar-refractivity contribution in [3.63, 3.8) is 0 Å². The van der Waals surface area contributed by atoms with Gasteiger partial charge in [0.2, 0.25) is 0 Å². The lowest BCUT2D eigenvalue weighted by molar-refractivity contribution is 0.288. The number of hydrogen-bond donors (Lipinski definition) is 0. The topological polar surface area (TPSA) is 27.0 Å². The van der Waals surface area contributed by atoms with Crippen molar-refractivity contribution in [2.75, 3.05) is 13.6 Å². The van der Waals surface area contributed by atoms with Gasteiger partial charge in [-0.15, -0.1) is 0 Å². The summed E-state index contributed by atoms with van der Waals surface area (Å²) in [5.74, 6) is 0. The zero-order valence-corrected chi connectivity index (χ0v) is 9.93. The number of nitriles is 1. The quantitative estimate of drug-likeness (QED) is 0.753. The average Bonchev–Trinajstić information content (AvgIpc) is 2.30. The van der Waals surface area contributed by atoms with Crippen molar-refractivity contribution in [3.8, 4) is 6.07 Å². The molecule has 0 bridgehead atoms. The number of likely N-dealkylation sites (N-methyl/N-ethyl adjacent to an activating group) is 1. The van der Waals surface area contributed by atoms with E-state index in [9.17, 15) is 0 Å². The maximum absolute atomic E-state index is 8.59. The van der Waals surface area contributed by atoms with Gasteiger partial charge in [-0.1, -0.05) is 42.5 Å².